The Morgan fingerprint density at radius 2 is 1.74 bits per heavy atom. The fourth-order valence-electron chi connectivity index (χ4n) is 5.09. The van der Waals surface area contributed by atoms with Crippen LogP contribution in [-0.2, 0) is 0 Å². The molecule has 0 saturated heterocycles. The van der Waals surface area contributed by atoms with Crippen molar-refractivity contribution in [2.24, 2.45) is 0 Å². The molecule has 0 spiro atoms. The van der Waals surface area contributed by atoms with Crippen molar-refractivity contribution in [1.82, 2.24) is 19.4 Å². The zero-order chi connectivity index (χ0) is 23.1. The minimum absolute atomic E-state index is 0.175. The number of nitrogens with one attached hydrogen (secondary N) is 1. The summed E-state index contributed by atoms with van der Waals surface area (Å²) in [5.74, 6) is 2.99. The van der Waals surface area contributed by atoms with Gasteiger partial charge in [-0.3, -0.25) is 9.20 Å². The Morgan fingerprint density at radius 3 is 2.50 bits per heavy atom. The normalized spacial score (nSPS) is 16.6. The highest BCUT2D eigenvalue weighted by Gasteiger charge is 2.25. The van der Waals surface area contributed by atoms with Crippen LogP contribution >= 0.6 is 0 Å². The predicted molar refractivity (Wildman–Crippen MR) is 133 cm³/mol. The highest BCUT2D eigenvalue weighted by Crippen LogP contribution is 2.40. The number of benzene rings is 1. The largest absolute Gasteiger partial charge is 0.382 e. The molecule has 2 aliphatic rings. The average molecular weight is 453 g/mol. The Bertz CT molecular complexity index is 1350. The number of rotatable bonds is 5. The van der Waals surface area contributed by atoms with Crippen LogP contribution in [0.4, 0.5) is 11.6 Å². The van der Waals surface area contributed by atoms with Crippen LogP contribution in [0.25, 0.3) is 16.8 Å². The van der Waals surface area contributed by atoms with E-state index in [1.807, 2.05) is 42.6 Å². The SMILES string of the molecule is Nc1nccn2c(C3CCCCC3)nc(-c3ccc(C(=O)Nc4cc(C5CC5)ccn4)cc3)c12. The monoisotopic (exact) mass is 452 g/mol. The van der Waals surface area contributed by atoms with Gasteiger partial charge in [-0.25, -0.2) is 15.0 Å². The van der Waals surface area contributed by atoms with Crippen molar-refractivity contribution in [3.8, 4) is 11.3 Å². The third-order valence-electron chi connectivity index (χ3n) is 7.08. The van der Waals surface area contributed by atoms with Crippen molar-refractivity contribution in [2.45, 2.75) is 56.8 Å². The lowest BCUT2D eigenvalue weighted by molar-refractivity contribution is 0.102. The van der Waals surface area contributed by atoms with E-state index >= 15 is 0 Å². The van der Waals surface area contributed by atoms with Crippen LogP contribution < -0.4 is 11.1 Å². The maximum Gasteiger partial charge on any atom is 0.256 e. The molecule has 1 amide bonds. The molecule has 2 fully saturated rings. The number of nitrogens with zero attached hydrogens (tertiary/aromatic N) is 4. The average Bonchev–Trinajstić information content (AvgIpc) is 3.65. The molecule has 0 aliphatic heterocycles. The molecule has 0 radical (unpaired) electrons. The molecule has 3 aromatic heterocycles. The number of nitrogen functional groups attached to an aromatic ring is 1. The summed E-state index contributed by atoms with van der Waals surface area (Å²) in [5.41, 5.74) is 10.7. The number of imidazole rings is 1. The zero-order valence-electron chi connectivity index (χ0n) is 19.1. The first kappa shape index (κ1) is 20.8. The molecule has 0 unspecified atom stereocenters. The van der Waals surface area contributed by atoms with Crippen molar-refractivity contribution in [1.29, 1.82) is 0 Å². The van der Waals surface area contributed by atoms with E-state index in [0.717, 1.165) is 35.4 Å². The summed E-state index contributed by atoms with van der Waals surface area (Å²) in [6.07, 6.45) is 13.9. The van der Waals surface area contributed by atoms with Gasteiger partial charge < -0.3 is 11.1 Å². The van der Waals surface area contributed by atoms with Gasteiger partial charge in [-0.2, -0.15) is 0 Å². The molecular formula is C27H28N6O. The fraction of sp³-hybridized carbons (Fsp3) is 0.333. The number of hydrogen-bond acceptors (Lipinski definition) is 5. The van der Waals surface area contributed by atoms with Gasteiger partial charge in [0.1, 0.15) is 28.7 Å². The number of aromatic nitrogens is 4. The second-order valence-corrected chi connectivity index (χ2v) is 9.46. The molecule has 3 N–H and O–H groups in total. The van der Waals surface area contributed by atoms with Crippen molar-refractivity contribution < 1.29 is 4.79 Å². The molecule has 172 valence electrons. The summed E-state index contributed by atoms with van der Waals surface area (Å²) in [7, 11) is 0. The number of pyridine rings is 1. The summed E-state index contributed by atoms with van der Waals surface area (Å²) >= 11 is 0. The maximum atomic E-state index is 12.8. The minimum Gasteiger partial charge on any atom is -0.382 e. The third kappa shape index (κ3) is 3.91. The number of hydrogen-bond donors (Lipinski definition) is 2. The van der Waals surface area contributed by atoms with Gasteiger partial charge in [0.05, 0.1) is 0 Å². The lowest BCUT2D eigenvalue weighted by Crippen LogP contribution is -2.13. The smallest absolute Gasteiger partial charge is 0.256 e. The summed E-state index contributed by atoms with van der Waals surface area (Å²) in [6, 6.07) is 11.5. The molecule has 2 aliphatic carbocycles. The molecule has 4 aromatic rings. The van der Waals surface area contributed by atoms with E-state index in [-0.39, 0.29) is 5.91 Å². The van der Waals surface area contributed by atoms with E-state index < -0.39 is 0 Å². The second-order valence-electron chi connectivity index (χ2n) is 9.46. The molecule has 6 rings (SSSR count). The molecular weight excluding hydrogens is 424 g/mol. The van der Waals surface area contributed by atoms with E-state index in [0.29, 0.717) is 29.0 Å². The van der Waals surface area contributed by atoms with E-state index in [9.17, 15) is 4.79 Å². The number of amides is 1. The molecule has 7 heteroatoms. The van der Waals surface area contributed by atoms with E-state index in [2.05, 4.69) is 19.7 Å². The molecule has 1 aromatic carbocycles. The summed E-state index contributed by atoms with van der Waals surface area (Å²) < 4.78 is 2.10. The third-order valence-corrected chi connectivity index (χ3v) is 7.08. The lowest BCUT2D eigenvalue weighted by atomic mass is 9.89. The van der Waals surface area contributed by atoms with Crippen LogP contribution in [0.2, 0.25) is 0 Å². The Kier molecular flexibility index (Phi) is 5.24. The van der Waals surface area contributed by atoms with Gasteiger partial charge in [0, 0.05) is 35.6 Å². The minimum atomic E-state index is -0.175. The molecule has 0 bridgehead atoms. The number of fused-ring (bicyclic) bond motifs is 1. The number of anilines is 2. The molecule has 3 heterocycles. The Labute approximate surface area is 198 Å². The first-order valence-electron chi connectivity index (χ1n) is 12.2. The topological polar surface area (TPSA) is 98.2 Å². The van der Waals surface area contributed by atoms with Crippen LogP contribution in [0.3, 0.4) is 0 Å². The zero-order valence-corrected chi connectivity index (χ0v) is 19.1. The van der Waals surface area contributed by atoms with Gasteiger partial charge in [0.2, 0.25) is 0 Å². The summed E-state index contributed by atoms with van der Waals surface area (Å²) in [6.45, 7) is 0. The molecule has 2 saturated carbocycles. The Balaban J connectivity index is 1.28. The van der Waals surface area contributed by atoms with Crippen LogP contribution in [0.5, 0.6) is 0 Å². The quantitative estimate of drug-likeness (QED) is 0.414. The van der Waals surface area contributed by atoms with Gasteiger partial charge >= 0.3 is 0 Å². The van der Waals surface area contributed by atoms with Crippen LogP contribution in [0.1, 0.15) is 78.5 Å². The van der Waals surface area contributed by atoms with E-state index in [1.54, 1.807) is 12.4 Å². The van der Waals surface area contributed by atoms with Crippen molar-refractivity contribution in [3.05, 3.63) is 71.9 Å². The Morgan fingerprint density at radius 1 is 0.941 bits per heavy atom. The highest BCUT2D eigenvalue weighted by atomic mass is 16.1. The fourth-order valence-corrected chi connectivity index (χ4v) is 5.09. The van der Waals surface area contributed by atoms with Gasteiger partial charge in [0.15, 0.2) is 0 Å². The van der Waals surface area contributed by atoms with Crippen molar-refractivity contribution in [2.75, 3.05) is 11.1 Å². The van der Waals surface area contributed by atoms with Gasteiger partial charge in [-0.15, -0.1) is 0 Å². The van der Waals surface area contributed by atoms with E-state index in [4.69, 9.17) is 10.7 Å². The summed E-state index contributed by atoms with van der Waals surface area (Å²) in [4.78, 5) is 26.5. The molecule has 7 nitrogen and oxygen atoms in total. The first-order valence-corrected chi connectivity index (χ1v) is 12.2. The lowest BCUT2D eigenvalue weighted by Gasteiger charge is -2.20. The highest BCUT2D eigenvalue weighted by molar-refractivity contribution is 6.04. The maximum absolute atomic E-state index is 12.8. The Hall–Kier alpha value is -3.74. The van der Waals surface area contributed by atoms with Crippen LogP contribution in [0, 0.1) is 0 Å². The van der Waals surface area contributed by atoms with Gasteiger partial charge in [0.25, 0.3) is 5.91 Å². The summed E-state index contributed by atoms with van der Waals surface area (Å²) in [5, 5.41) is 2.93. The van der Waals surface area contributed by atoms with Gasteiger partial charge in [-0.1, -0.05) is 31.4 Å². The van der Waals surface area contributed by atoms with Crippen molar-refractivity contribution in [3.63, 3.8) is 0 Å². The molecule has 34 heavy (non-hydrogen) atoms. The standard InChI is InChI=1S/C27H28N6O/c28-25-24-23(32-26(33(24)15-14-30-25)19-4-2-1-3-5-19)18-8-10-20(11-9-18)27(34)31-22-16-21(12-13-29-22)17-6-7-17/h8-17,19H,1-7H2,(H2,28,30)(H,29,31,34). The van der Waals surface area contributed by atoms with Crippen molar-refractivity contribution >= 4 is 23.1 Å². The van der Waals surface area contributed by atoms with Gasteiger partial charge in [-0.05, 0) is 61.4 Å². The number of nitrogens with two attached hydrogens (primary N) is 1. The first-order chi connectivity index (χ1) is 16.7. The van der Waals surface area contributed by atoms with Crippen LogP contribution in [-0.4, -0.2) is 25.3 Å². The predicted octanol–water partition coefficient (Wildman–Crippen LogP) is 5.55. The van der Waals surface area contributed by atoms with Crippen LogP contribution in [0.15, 0.2) is 55.0 Å². The number of carbonyl (C=O) groups is 1. The second kappa shape index (κ2) is 8.56. The number of carbonyl (C=O) groups excluding carboxylic acids is 1. The van der Waals surface area contributed by atoms with E-state index in [1.165, 1.54) is 37.7 Å². The molecule has 0 atom stereocenters.